The van der Waals surface area contributed by atoms with Crippen LogP contribution in [-0.4, -0.2) is 26.2 Å². The van der Waals surface area contributed by atoms with Crippen LogP contribution in [0.3, 0.4) is 0 Å². The van der Waals surface area contributed by atoms with Gasteiger partial charge in [-0.1, -0.05) is 29.3 Å². The zero-order chi connectivity index (χ0) is 19.3. The molecule has 26 heavy (non-hydrogen) atoms. The molecule has 140 valence electrons. The fourth-order valence-corrected chi connectivity index (χ4v) is 3.37. The third-order valence-corrected chi connectivity index (χ3v) is 5.35. The van der Waals surface area contributed by atoms with Crippen LogP contribution >= 0.6 is 39.1 Å². The molecule has 4 nitrogen and oxygen atoms in total. The van der Waals surface area contributed by atoms with Crippen molar-refractivity contribution in [1.82, 2.24) is 5.32 Å². The van der Waals surface area contributed by atoms with Crippen LogP contribution in [0.5, 0.6) is 11.5 Å². The van der Waals surface area contributed by atoms with Crippen molar-refractivity contribution in [3.63, 3.8) is 0 Å². The molecule has 0 radical (unpaired) electrons. The molecule has 2 rings (SSSR count). The van der Waals surface area contributed by atoms with Gasteiger partial charge in [0.1, 0.15) is 0 Å². The predicted molar refractivity (Wildman–Crippen MR) is 109 cm³/mol. The van der Waals surface area contributed by atoms with Crippen LogP contribution in [0.2, 0.25) is 10.0 Å². The fourth-order valence-electron chi connectivity index (χ4n) is 2.56. The van der Waals surface area contributed by atoms with E-state index in [4.69, 9.17) is 32.7 Å². The highest BCUT2D eigenvalue weighted by Crippen LogP contribution is 2.36. The molecule has 1 atom stereocenters. The summed E-state index contributed by atoms with van der Waals surface area (Å²) in [5.74, 6) is 0.676. The molecule has 0 bridgehead atoms. The van der Waals surface area contributed by atoms with E-state index in [1.54, 1.807) is 18.2 Å². The molecule has 0 heterocycles. The Kier molecular flexibility index (Phi) is 7.62. The maximum Gasteiger partial charge on any atom is 0.256 e. The van der Waals surface area contributed by atoms with Crippen molar-refractivity contribution in [2.45, 2.75) is 25.8 Å². The van der Waals surface area contributed by atoms with Gasteiger partial charge in [0, 0.05) is 10.5 Å². The molecule has 0 fully saturated rings. The van der Waals surface area contributed by atoms with Crippen molar-refractivity contribution in [3.8, 4) is 11.5 Å². The second-order valence-electron chi connectivity index (χ2n) is 5.82. The Bertz CT molecular complexity index is 799. The average Bonchev–Trinajstić information content (AvgIpc) is 2.62. The number of halogens is 3. The SMILES string of the molecule is COc1ccc(Br)c(C(=O)N[C@H](C)CCc2ccc(Cl)c(Cl)c2)c1OC. The van der Waals surface area contributed by atoms with E-state index < -0.39 is 0 Å². The Labute approximate surface area is 171 Å². The van der Waals surface area contributed by atoms with Crippen molar-refractivity contribution in [2.24, 2.45) is 0 Å². The Morgan fingerprint density at radius 3 is 2.50 bits per heavy atom. The van der Waals surface area contributed by atoms with Crippen LogP contribution in [0.15, 0.2) is 34.8 Å². The Morgan fingerprint density at radius 2 is 1.88 bits per heavy atom. The molecular formula is C19H20BrCl2NO3. The van der Waals surface area contributed by atoms with Gasteiger partial charge < -0.3 is 14.8 Å². The molecule has 7 heteroatoms. The predicted octanol–water partition coefficient (Wildman–Crippen LogP) is 5.52. The number of methoxy groups -OCH3 is 2. The van der Waals surface area contributed by atoms with Crippen LogP contribution in [0.25, 0.3) is 0 Å². The van der Waals surface area contributed by atoms with Crippen molar-refractivity contribution in [3.05, 3.63) is 56.0 Å². The molecule has 0 spiro atoms. The van der Waals surface area contributed by atoms with Gasteiger partial charge in [-0.25, -0.2) is 0 Å². The van der Waals surface area contributed by atoms with Gasteiger partial charge in [-0.3, -0.25) is 4.79 Å². The van der Waals surface area contributed by atoms with Gasteiger partial charge in [0.05, 0.1) is 29.8 Å². The van der Waals surface area contributed by atoms with E-state index in [2.05, 4.69) is 21.2 Å². The van der Waals surface area contributed by atoms with E-state index in [1.165, 1.54) is 14.2 Å². The van der Waals surface area contributed by atoms with Crippen LogP contribution in [0.4, 0.5) is 0 Å². The van der Waals surface area contributed by atoms with Crippen LogP contribution in [0, 0.1) is 0 Å². The van der Waals surface area contributed by atoms with Crippen molar-refractivity contribution in [2.75, 3.05) is 14.2 Å². The number of benzene rings is 2. The zero-order valence-corrected chi connectivity index (χ0v) is 17.8. The molecule has 0 aliphatic heterocycles. The summed E-state index contributed by atoms with van der Waals surface area (Å²) in [4.78, 5) is 12.7. The minimum absolute atomic E-state index is 0.0419. The van der Waals surface area contributed by atoms with Crippen LogP contribution in [-0.2, 0) is 6.42 Å². The summed E-state index contributed by atoms with van der Waals surface area (Å²) in [6, 6.07) is 9.02. The summed E-state index contributed by atoms with van der Waals surface area (Å²) in [5.41, 5.74) is 1.48. The number of hydrogen-bond donors (Lipinski definition) is 1. The number of carbonyl (C=O) groups is 1. The molecule has 1 N–H and O–H groups in total. The summed E-state index contributed by atoms with van der Waals surface area (Å²) >= 11 is 15.4. The van der Waals surface area contributed by atoms with Crippen molar-refractivity contribution < 1.29 is 14.3 Å². The number of carbonyl (C=O) groups excluding carboxylic acids is 1. The lowest BCUT2D eigenvalue weighted by molar-refractivity contribution is 0.0934. The number of hydrogen-bond acceptors (Lipinski definition) is 3. The minimum atomic E-state index is -0.228. The summed E-state index contributed by atoms with van der Waals surface area (Å²) in [7, 11) is 3.04. The normalized spacial score (nSPS) is 11.8. The first kappa shape index (κ1) is 20.9. The van der Waals surface area contributed by atoms with Gasteiger partial charge in [0.2, 0.25) is 0 Å². The lowest BCUT2D eigenvalue weighted by Gasteiger charge is -2.18. The first-order valence-corrected chi connectivity index (χ1v) is 9.57. The molecule has 0 aliphatic carbocycles. The maximum atomic E-state index is 12.7. The molecule has 2 aromatic rings. The largest absolute Gasteiger partial charge is 0.493 e. The lowest BCUT2D eigenvalue weighted by atomic mass is 10.1. The summed E-state index contributed by atoms with van der Waals surface area (Å²) in [6.07, 6.45) is 1.53. The topological polar surface area (TPSA) is 47.6 Å². The zero-order valence-electron chi connectivity index (χ0n) is 14.7. The van der Waals surface area contributed by atoms with E-state index in [0.29, 0.717) is 31.6 Å². The first-order valence-electron chi connectivity index (χ1n) is 8.02. The number of nitrogens with one attached hydrogen (secondary N) is 1. The number of rotatable bonds is 7. The third-order valence-electron chi connectivity index (χ3n) is 3.95. The Hall–Kier alpha value is -1.43. The second-order valence-corrected chi connectivity index (χ2v) is 7.49. The van der Waals surface area contributed by atoms with E-state index in [9.17, 15) is 4.79 Å². The summed E-state index contributed by atoms with van der Waals surface area (Å²) in [6.45, 7) is 1.95. The van der Waals surface area contributed by atoms with Crippen LogP contribution < -0.4 is 14.8 Å². The Morgan fingerprint density at radius 1 is 1.15 bits per heavy atom. The first-order chi connectivity index (χ1) is 12.4. The molecule has 0 aliphatic rings. The van der Waals surface area contributed by atoms with Crippen LogP contribution in [0.1, 0.15) is 29.3 Å². The van der Waals surface area contributed by atoms with E-state index >= 15 is 0 Å². The summed E-state index contributed by atoms with van der Waals surface area (Å²) < 4.78 is 11.3. The molecular weight excluding hydrogens is 441 g/mol. The quantitative estimate of drug-likeness (QED) is 0.591. The highest BCUT2D eigenvalue weighted by atomic mass is 79.9. The van der Waals surface area contributed by atoms with Gasteiger partial charge in [0.25, 0.3) is 5.91 Å². The van der Waals surface area contributed by atoms with Gasteiger partial charge in [-0.05, 0) is 65.5 Å². The van der Waals surface area contributed by atoms with Gasteiger partial charge in [-0.15, -0.1) is 0 Å². The summed E-state index contributed by atoms with van der Waals surface area (Å²) in [5, 5.41) is 4.06. The highest BCUT2D eigenvalue weighted by Gasteiger charge is 2.21. The lowest BCUT2D eigenvalue weighted by Crippen LogP contribution is -2.33. The number of ether oxygens (including phenoxy) is 2. The number of aryl methyl sites for hydroxylation is 1. The molecule has 0 saturated carbocycles. The van der Waals surface area contributed by atoms with Gasteiger partial charge in [0.15, 0.2) is 11.5 Å². The van der Waals surface area contributed by atoms with Crippen molar-refractivity contribution >= 4 is 45.0 Å². The second kappa shape index (κ2) is 9.49. The van der Waals surface area contributed by atoms with Gasteiger partial charge >= 0.3 is 0 Å². The third kappa shape index (κ3) is 5.06. The van der Waals surface area contributed by atoms with E-state index in [-0.39, 0.29) is 11.9 Å². The molecule has 0 unspecified atom stereocenters. The minimum Gasteiger partial charge on any atom is -0.493 e. The maximum absolute atomic E-state index is 12.7. The molecule has 0 aromatic heterocycles. The average molecular weight is 461 g/mol. The number of amides is 1. The monoisotopic (exact) mass is 459 g/mol. The van der Waals surface area contributed by atoms with Gasteiger partial charge in [-0.2, -0.15) is 0 Å². The molecule has 0 saturated heterocycles. The Balaban J connectivity index is 2.06. The smallest absolute Gasteiger partial charge is 0.256 e. The standard InChI is InChI=1S/C19H20BrCl2NO3/c1-11(4-5-12-6-8-14(21)15(22)10-12)23-19(24)17-13(20)7-9-16(25-2)18(17)26-3/h6-11H,4-5H2,1-3H3,(H,23,24)/t11-/m1/s1. The molecule has 2 aromatic carbocycles. The molecule has 1 amide bonds. The fraction of sp³-hybridized carbons (Fsp3) is 0.316. The van der Waals surface area contributed by atoms with E-state index in [1.807, 2.05) is 19.1 Å². The highest BCUT2D eigenvalue weighted by molar-refractivity contribution is 9.10. The van der Waals surface area contributed by atoms with E-state index in [0.717, 1.165) is 18.4 Å². The van der Waals surface area contributed by atoms with Crippen molar-refractivity contribution in [1.29, 1.82) is 0 Å².